The predicted octanol–water partition coefficient (Wildman–Crippen LogP) is 2.62. The second-order valence-electron chi connectivity index (χ2n) is 2.34. The largest absolute Gasteiger partial charge is 0.392 e. The summed E-state index contributed by atoms with van der Waals surface area (Å²) in [4.78, 5) is 2.42. The zero-order valence-corrected chi connectivity index (χ0v) is 8.84. The number of aliphatic hydroxyl groups is 1. The fourth-order valence-electron chi connectivity index (χ4n) is 0.982. The Morgan fingerprint density at radius 2 is 2.00 bits per heavy atom. The number of hydrogen-bond donors (Lipinski definition) is 1. The number of thioether (sulfide) groups is 2. The van der Waals surface area contributed by atoms with E-state index in [1.165, 1.54) is 9.79 Å². The maximum absolute atomic E-state index is 8.99. The SMILES string of the molecule is CSc1ccc(CO)c(SC)c1. The summed E-state index contributed by atoms with van der Waals surface area (Å²) in [6, 6.07) is 6.13. The quantitative estimate of drug-likeness (QED) is 0.757. The van der Waals surface area contributed by atoms with Crippen molar-refractivity contribution in [2.45, 2.75) is 16.4 Å². The van der Waals surface area contributed by atoms with Crippen molar-refractivity contribution in [3.63, 3.8) is 0 Å². The van der Waals surface area contributed by atoms with E-state index in [0.717, 1.165) is 5.56 Å². The van der Waals surface area contributed by atoms with E-state index >= 15 is 0 Å². The van der Waals surface area contributed by atoms with Crippen LogP contribution in [0.2, 0.25) is 0 Å². The Bertz CT molecular complexity index is 261. The number of aliphatic hydroxyl groups excluding tert-OH is 1. The van der Waals surface area contributed by atoms with Gasteiger partial charge in [0.15, 0.2) is 0 Å². The maximum atomic E-state index is 8.99. The van der Waals surface area contributed by atoms with Crippen molar-refractivity contribution in [1.29, 1.82) is 0 Å². The molecule has 0 saturated carbocycles. The molecule has 1 N–H and O–H groups in total. The molecule has 1 rings (SSSR count). The zero-order chi connectivity index (χ0) is 8.97. The van der Waals surface area contributed by atoms with E-state index in [1.54, 1.807) is 23.5 Å². The Kier molecular flexibility index (Phi) is 3.98. The van der Waals surface area contributed by atoms with Crippen LogP contribution in [-0.2, 0) is 6.61 Å². The van der Waals surface area contributed by atoms with Gasteiger partial charge in [-0.2, -0.15) is 0 Å². The lowest BCUT2D eigenvalue weighted by Gasteiger charge is -2.05. The van der Waals surface area contributed by atoms with Gasteiger partial charge in [-0.15, -0.1) is 23.5 Å². The van der Waals surface area contributed by atoms with Crippen LogP contribution < -0.4 is 0 Å². The van der Waals surface area contributed by atoms with Gasteiger partial charge in [0.05, 0.1) is 6.61 Å². The highest BCUT2D eigenvalue weighted by atomic mass is 32.2. The fraction of sp³-hybridized carbons (Fsp3) is 0.333. The van der Waals surface area contributed by atoms with E-state index in [-0.39, 0.29) is 6.61 Å². The summed E-state index contributed by atoms with van der Waals surface area (Å²) in [5.41, 5.74) is 1.01. The lowest BCUT2D eigenvalue weighted by atomic mass is 10.2. The molecule has 0 aliphatic rings. The molecule has 0 heterocycles. The molecule has 3 heteroatoms. The summed E-state index contributed by atoms with van der Waals surface area (Å²) in [5.74, 6) is 0. The number of rotatable bonds is 3. The third-order valence-electron chi connectivity index (χ3n) is 1.66. The van der Waals surface area contributed by atoms with E-state index in [1.807, 2.05) is 18.4 Å². The van der Waals surface area contributed by atoms with E-state index in [0.29, 0.717) is 0 Å². The van der Waals surface area contributed by atoms with E-state index < -0.39 is 0 Å². The first-order valence-electron chi connectivity index (χ1n) is 3.63. The topological polar surface area (TPSA) is 20.2 Å². The third-order valence-corrected chi connectivity index (χ3v) is 3.21. The molecule has 0 radical (unpaired) electrons. The Labute approximate surface area is 81.6 Å². The van der Waals surface area contributed by atoms with Gasteiger partial charge >= 0.3 is 0 Å². The second kappa shape index (κ2) is 4.80. The van der Waals surface area contributed by atoms with Gasteiger partial charge in [-0.3, -0.25) is 0 Å². The minimum Gasteiger partial charge on any atom is -0.392 e. The van der Waals surface area contributed by atoms with Crippen molar-refractivity contribution in [3.05, 3.63) is 23.8 Å². The highest BCUT2D eigenvalue weighted by molar-refractivity contribution is 7.99. The van der Waals surface area contributed by atoms with Crippen molar-refractivity contribution in [1.82, 2.24) is 0 Å². The Hall–Kier alpha value is -0.120. The van der Waals surface area contributed by atoms with Crippen molar-refractivity contribution < 1.29 is 5.11 Å². The summed E-state index contributed by atoms with van der Waals surface area (Å²) < 4.78 is 0. The normalized spacial score (nSPS) is 10.2. The number of hydrogen-bond acceptors (Lipinski definition) is 3. The minimum absolute atomic E-state index is 0.130. The van der Waals surface area contributed by atoms with Gasteiger partial charge in [0.25, 0.3) is 0 Å². The van der Waals surface area contributed by atoms with Gasteiger partial charge in [-0.25, -0.2) is 0 Å². The van der Waals surface area contributed by atoms with E-state index in [9.17, 15) is 0 Å². The molecule has 0 fully saturated rings. The first kappa shape index (κ1) is 9.96. The Balaban J connectivity index is 3.02. The highest BCUT2D eigenvalue weighted by Crippen LogP contribution is 2.25. The molecule has 0 unspecified atom stereocenters. The minimum atomic E-state index is 0.130. The smallest absolute Gasteiger partial charge is 0.0692 e. The molecule has 1 aromatic rings. The molecule has 1 aromatic carbocycles. The third kappa shape index (κ3) is 2.19. The molecule has 66 valence electrons. The molecule has 0 aliphatic carbocycles. The van der Waals surface area contributed by atoms with Gasteiger partial charge in [0, 0.05) is 9.79 Å². The van der Waals surface area contributed by atoms with Crippen LogP contribution in [0.4, 0.5) is 0 Å². The first-order valence-corrected chi connectivity index (χ1v) is 6.08. The fourth-order valence-corrected chi connectivity index (χ4v) is 2.14. The van der Waals surface area contributed by atoms with Crippen LogP contribution in [0.3, 0.4) is 0 Å². The molecular weight excluding hydrogens is 188 g/mol. The van der Waals surface area contributed by atoms with Gasteiger partial charge in [-0.05, 0) is 30.2 Å². The first-order chi connectivity index (χ1) is 5.81. The second-order valence-corrected chi connectivity index (χ2v) is 4.06. The van der Waals surface area contributed by atoms with Crippen LogP contribution in [0.25, 0.3) is 0 Å². The van der Waals surface area contributed by atoms with Crippen LogP contribution in [-0.4, -0.2) is 17.6 Å². The summed E-state index contributed by atoms with van der Waals surface area (Å²) in [7, 11) is 0. The van der Waals surface area contributed by atoms with Gasteiger partial charge < -0.3 is 5.11 Å². The average Bonchev–Trinajstić information content (AvgIpc) is 2.16. The molecule has 0 atom stereocenters. The van der Waals surface area contributed by atoms with Crippen LogP contribution in [0.15, 0.2) is 28.0 Å². The summed E-state index contributed by atoms with van der Waals surface area (Å²) in [6.45, 7) is 0.130. The molecule has 12 heavy (non-hydrogen) atoms. The zero-order valence-electron chi connectivity index (χ0n) is 7.20. The summed E-state index contributed by atoms with van der Waals surface area (Å²) >= 11 is 3.40. The molecule has 0 spiro atoms. The van der Waals surface area contributed by atoms with Gasteiger partial charge in [-0.1, -0.05) is 6.07 Å². The summed E-state index contributed by atoms with van der Waals surface area (Å²) in [5, 5.41) is 8.99. The molecule has 0 saturated heterocycles. The Morgan fingerprint density at radius 3 is 2.50 bits per heavy atom. The van der Waals surface area contributed by atoms with Crippen LogP contribution in [0.5, 0.6) is 0 Å². The maximum Gasteiger partial charge on any atom is 0.0692 e. The van der Waals surface area contributed by atoms with Gasteiger partial charge in [0.2, 0.25) is 0 Å². The van der Waals surface area contributed by atoms with Crippen molar-refractivity contribution in [2.75, 3.05) is 12.5 Å². The Morgan fingerprint density at radius 1 is 1.25 bits per heavy atom. The monoisotopic (exact) mass is 200 g/mol. The standard InChI is InChI=1S/C9H12OS2/c1-11-8-4-3-7(6-10)9(5-8)12-2/h3-5,10H,6H2,1-2H3. The predicted molar refractivity (Wildman–Crippen MR) is 55.9 cm³/mol. The molecule has 0 aliphatic heterocycles. The highest BCUT2D eigenvalue weighted by Gasteiger charge is 2.00. The van der Waals surface area contributed by atoms with Crippen molar-refractivity contribution in [2.24, 2.45) is 0 Å². The van der Waals surface area contributed by atoms with Crippen molar-refractivity contribution >= 4 is 23.5 Å². The summed E-state index contributed by atoms with van der Waals surface area (Å²) in [6.07, 6.45) is 4.08. The van der Waals surface area contributed by atoms with Crippen LogP contribution in [0.1, 0.15) is 5.56 Å². The average molecular weight is 200 g/mol. The lowest BCUT2D eigenvalue weighted by Crippen LogP contribution is -1.86. The lowest BCUT2D eigenvalue weighted by molar-refractivity contribution is 0.279. The molecule has 0 bridgehead atoms. The molecular formula is C9H12OS2. The van der Waals surface area contributed by atoms with Crippen LogP contribution >= 0.6 is 23.5 Å². The number of benzene rings is 1. The van der Waals surface area contributed by atoms with Gasteiger partial charge in [0.1, 0.15) is 0 Å². The van der Waals surface area contributed by atoms with Crippen LogP contribution in [0, 0.1) is 0 Å². The van der Waals surface area contributed by atoms with E-state index in [4.69, 9.17) is 5.11 Å². The molecule has 0 aromatic heterocycles. The van der Waals surface area contributed by atoms with E-state index in [2.05, 4.69) is 12.3 Å². The molecule has 1 nitrogen and oxygen atoms in total. The molecule has 0 amide bonds. The van der Waals surface area contributed by atoms with Crippen molar-refractivity contribution in [3.8, 4) is 0 Å².